The summed E-state index contributed by atoms with van der Waals surface area (Å²) in [5.41, 5.74) is 0.763. The number of hydrogen-bond acceptors (Lipinski definition) is 3. The second-order valence-corrected chi connectivity index (χ2v) is 4.91. The molecule has 1 fully saturated rings. The van der Waals surface area contributed by atoms with E-state index in [-0.39, 0.29) is 6.04 Å². The smallest absolute Gasteiger partial charge is 0.347 e. The number of anilines is 1. The van der Waals surface area contributed by atoms with Crippen molar-refractivity contribution in [2.75, 3.05) is 24.5 Å². The Morgan fingerprint density at radius 2 is 2.21 bits per heavy atom. The Balaban J connectivity index is 2.07. The fraction of sp³-hybridized carbons (Fsp3) is 0.462. The van der Waals surface area contributed by atoms with Gasteiger partial charge in [-0.25, -0.2) is 4.98 Å². The van der Waals surface area contributed by atoms with E-state index < -0.39 is 11.7 Å². The van der Waals surface area contributed by atoms with Crippen molar-refractivity contribution in [1.29, 1.82) is 0 Å². The summed E-state index contributed by atoms with van der Waals surface area (Å²) in [7, 11) is 0. The lowest BCUT2D eigenvalue weighted by molar-refractivity contribution is -0.137. The van der Waals surface area contributed by atoms with Gasteiger partial charge in [0.2, 0.25) is 0 Å². The van der Waals surface area contributed by atoms with Crippen molar-refractivity contribution in [2.45, 2.75) is 19.1 Å². The molecule has 0 spiro atoms. The van der Waals surface area contributed by atoms with Gasteiger partial charge in [0.05, 0.1) is 11.6 Å². The first-order valence-electron chi connectivity index (χ1n) is 6.20. The molecule has 1 saturated heterocycles. The van der Waals surface area contributed by atoms with E-state index in [0.29, 0.717) is 11.4 Å². The molecule has 2 aliphatic rings. The van der Waals surface area contributed by atoms with E-state index in [4.69, 9.17) is 0 Å². The van der Waals surface area contributed by atoms with Crippen molar-refractivity contribution in [3.63, 3.8) is 0 Å². The lowest BCUT2D eigenvalue weighted by Crippen LogP contribution is -2.52. The molecular weight excluding hydrogens is 255 g/mol. The summed E-state index contributed by atoms with van der Waals surface area (Å²) < 4.78 is 38.2. The summed E-state index contributed by atoms with van der Waals surface area (Å²) in [6, 6.07) is 1.39. The van der Waals surface area contributed by atoms with E-state index in [9.17, 15) is 13.2 Å². The third kappa shape index (κ3) is 2.10. The summed E-state index contributed by atoms with van der Waals surface area (Å²) in [5.74, 6) is 0.666. The average Bonchev–Trinajstić information content (AvgIpc) is 2.37. The number of rotatable bonds is 0. The predicted molar refractivity (Wildman–Crippen MR) is 66.9 cm³/mol. The van der Waals surface area contributed by atoms with E-state index in [0.717, 1.165) is 31.4 Å². The molecule has 102 valence electrons. The summed E-state index contributed by atoms with van der Waals surface area (Å²) in [4.78, 5) is 6.13. The maximum absolute atomic E-state index is 12.7. The molecule has 6 heteroatoms. The lowest BCUT2D eigenvalue weighted by Gasteiger charge is -2.39. The van der Waals surface area contributed by atoms with Crippen LogP contribution in [0.1, 0.15) is 18.1 Å². The highest BCUT2D eigenvalue weighted by molar-refractivity contribution is 5.78. The van der Waals surface area contributed by atoms with Crippen LogP contribution in [0.4, 0.5) is 19.0 Å². The van der Waals surface area contributed by atoms with E-state index in [2.05, 4.69) is 15.2 Å². The molecular formula is C13H14F3N3. The summed E-state index contributed by atoms with van der Waals surface area (Å²) >= 11 is 0. The Labute approximate surface area is 109 Å². The molecule has 2 aliphatic heterocycles. The van der Waals surface area contributed by atoms with Gasteiger partial charge in [-0.05, 0) is 18.6 Å². The topological polar surface area (TPSA) is 28.2 Å². The van der Waals surface area contributed by atoms with Crippen LogP contribution in [0.15, 0.2) is 18.3 Å². The Bertz CT molecular complexity index is 536. The fourth-order valence-electron chi connectivity index (χ4n) is 2.65. The van der Waals surface area contributed by atoms with Gasteiger partial charge in [-0.1, -0.05) is 6.08 Å². The SMILES string of the molecule is CC1=C[C@H]2CNCCN2c2ncc(C(F)(F)F)cc21. The van der Waals surface area contributed by atoms with Crippen molar-refractivity contribution in [1.82, 2.24) is 10.3 Å². The standard InChI is InChI=1S/C13H14F3N3/c1-8-4-10-7-17-2-3-19(10)12-11(8)5-9(6-18-12)13(14,15)16/h4-6,10,17H,2-3,7H2,1H3/t10-/m0/s1. The first kappa shape index (κ1) is 12.5. The molecule has 0 aromatic carbocycles. The zero-order valence-electron chi connectivity index (χ0n) is 10.5. The normalized spacial score (nSPS) is 22.6. The van der Waals surface area contributed by atoms with Crippen LogP contribution in [0.5, 0.6) is 0 Å². The molecule has 3 nitrogen and oxygen atoms in total. The average molecular weight is 269 g/mol. The number of hydrogen-bond donors (Lipinski definition) is 1. The maximum atomic E-state index is 12.7. The largest absolute Gasteiger partial charge is 0.417 e. The number of piperazine rings is 1. The summed E-state index contributed by atoms with van der Waals surface area (Å²) in [5, 5.41) is 3.28. The number of nitrogens with one attached hydrogen (secondary N) is 1. The Morgan fingerprint density at radius 1 is 1.42 bits per heavy atom. The lowest BCUT2D eigenvalue weighted by atomic mass is 9.97. The zero-order valence-corrected chi connectivity index (χ0v) is 10.5. The number of allylic oxidation sites excluding steroid dienone is 1. The zero-order chi connectivity index (χ0) is 13.6. The van der Waals surface area contributed by atoms with Gasteiger partial charge in [0.1, 0.15) is 5.82 Å². The Kier molecular flexibility index (Phi) is 2.78. The van der Waals surface area contributed by atoms with Crippen molar-refractivity contribution in [2.24, 2.45) is 0 Å². The molecule has 1 N–H and O–H groups in total. The summed E-state index contributed by atoms with van der Waals surface area (Å²) in [6.07, 6.45) is -1.41. The number of halogens is 3. The van der Waals surface area contributed by atoms with Crippen LogP contribution in [-0.4, -0.2) is 30.7 Å². The molecule has 1 atom stereocenters. The first-order chi connectivity index (χ1) is 8.97. The monoisotopic (exact) mass is 269 g/mol. The molecule has 0 unspecified atom stereocenters. The van der Waals surface area contributed by atoms with Crippen LogP contribution in [0.25, 0.3) is 5.57 Å². The number of aromatic nitrogens is 1. The second-order valence-electron chi connectivity index (χ2n) is 4.91. The quantitative estimate of drug-likeness (QED) is 0.783. The molecule has 0 aliphatic carbocycles. The first-order valence-corrected chi connectivity index (χ1v) is 6.20. The summed E-state index contributed by atoms with van der Waals surface area (Å²) in [6.45, 7) is 4.23. The van der Waals surface area contributed by atoms with Gasteiger partial charge in [-0.2, -0.15) is 13.2 Å². The minimum absolute atomic E-state index is 0.186. The molecule has 0 radical (unpaired) electrons. The van der Waals surface area contributed by atoms with Crippen molar-refractivity contribution in [3.8, 4) is 0 Å². The van der Waals surface area contributed by atoms with Crippen LogP contribution in [0.3, 0.4) is 0 Å². The van der Waals surface area contributed by atoms with E-state index >= 15 is 0 Å². The number of pyridine rings is 1. The van der Waals surface area contributed by atoms with Gasteiger partial charge >= 0.3 is 6.18 Å². The third-order valence-corrected chi connectivity index (χ3v) is 3.62. The van der Waals surface area contributed by atoms with Gasteiger partial charge in [-0.15, -0.1) is 0 Å². The Morgan fingerprint density at radius 3 is 2.95 bits per heavy atom. The number of nitrogens with zero attached hydrogens (tertiary/aromatic N) is 2. The minimum atomic E-state index is -4.34. The second kappa shape index (κ2) is 4.23. The maximum Gasteiger partial charge on any atom is 0.417 e. The molecule has 0 saturated carbocycles. The van der Waals surface area contributed by atoms with Crippen molar-refractivity contribution < 1.29 is 13.2 Å². The number of alkyl halides is 3. The van der Waals surface area contributed by atoms with Crippen molar-refractivity contribution >= 4 is 11.4 Å². The molecule has 3 rings (SSSR count). The highest BCUT2D eigenvalue weighted by atomic mass is 19.4. The van der Waals surface area contributed by atoms with Gasteiger partial charge < -0.3 is 10.2 Å². The van der Waals surface area contributed by atoms with Crippen LogP contribution in [-0.2, 0) is 6.18 Å². The number of fused-ring (bicyclic) bond motifs is 3. The molecule has 1 aromatic rings. The van der Waals surface area contributed by atoms with Crippen molar-refractivity contribution in [3.05, 3.63) is 29.5 Å². The molecule has 0 amide bonds. The van der Waals surface area contributed by atoms with Crippen LogP contribution < -0.4 is 10.2 Å². The fourth-order valence-corrected chi connectivity index (χ4v) is 2.65. The van der Waals surface area contributed by atoms with E-state index in [1.807, 2.05) is 13.0 Å². The van der Waals surface area contributed by atoms with Gasteiger partial charge in [0.15, 0.2) is 0 Å². The minimum Gasteiger partial charge on any atom is -0.347 e. The molecule has 3 heterocycles. The van der Waals surface area contributed by atoms with E-state index in [1.165, 1.54) is 6.07 Å². The molecule has 0 bridgehead atoms. The van der Waals surface area contributed by atoms with E-state index in [1.54, 1.807) is 0 Å². The van der Waals surface area contributed by atoms with Crippen LogP contribution >= 0.6 is 0 Å². The van der Waals surface area contributed by atoms with Gasteiger partial charge in [0.25, 0.3) is 0 Å². The third-order valence-electron chi connectivity index (χ3n) is 3.62. The highest BCUT2D eigenvalue weighted by Gasteiger charge is 2.34. The van der Waals surface area contributed by atoms with Gasteiger partial charge in [0, 0.05) is 31.4 Å². The molecule has 1 aromatic heterocycles. The van der Waals surface area contributed by atoms with Gasteiger partial charge in [-0.3, -0.25) is 0 Å². The Hall–Kier alpha value is -1.56. The predicted octanol–water partition coefficient (Wildman–Crippen LogP) is 2.30. The van der Waals surface area contributed by atoms with Crippen LogP contribution in [0.2, 0.25) is 0 Å². The highest BCUT2D eigenvalue weighted by Crippen LogP contribution is 2.37. The van der Waals surface area contributed by atoms with Crippen LogP contribution in [0, 0.1) is 0 Å². The molecule has 19 heavy (non-hydrogen) atoms.